The summed E-state index contributed by atoms with van der Waals surface area (Å²) >= 11 is 1.53. The summed E-state index contributed by atoms with van der Waals surface area (Å²) < 4.78 is 0. The Morgan fingerprint density at radius 2 is 2.50 bits per heavy atom. The number of nitrogens with one attached hydrogen (secondary N) is 1. The molecular weight excluding hydrogens is 196 g/mol. The predicted octanol–water partition coefficient (Wildman–Crippen LogP) is 1.22. The number of hydrogen-bond donors (Lipinski definition) is 2. The zero-order chi connectivity index (χ0) is 9.97. The van der Waals surface area contributed by atoms with E-state index in [1.807, 2.05) is 16.8 Å². The van der Waals surface area contributed by atoms with Crippen LogP contribution in [0, 0.1) is 5.92 Å². The van der Waals surface area contributed by atoms with Crippen molar-refractivity contribution in [1.29, 1.82) is 0 Å². The van der Waals surface area contributed by atoms with Crippen LogP contribution < -0.4 is 11.1 Å². The minimum Gasteiger partial charge on any atom is -0.348 e. The summed E-state index contributed by atoms with van der Waals surface area (Å²) in [4.78, 5) is 11.6. The van der Waals surface area contributed by atoms with Crippen molar-refractivity contribution in [3.63, 3.8) is 0 Å². The monoisotopic (exact) mass is 210 g/mol. The normalized spacial score (nSPS) is 17.8. The maximum Gasteiger partial charge on any atom is 0.252 e. The van der Waals surface area contributed by atoms with Crippen LogP contribution in [0.15, 0.2) is 16.8 Å². The summed E-state index contributed by atoms with van der Waals surface area (Å²) in [6.07, 6.45) is 2.40. The topological polar surface area (TPSA) is 55.1 Å². The van der Waals surface area contributed by atoms with E-state index in [0.29, 0.717) is 12.5 Å². The van der Waals surface area contributed by atoms with Crippen molar-refractivity contribution in [3.8, 4) is 0 Å². The third-order valence-corrected chi connectivity index (χ3v) is 3.23. The van der Waals surface area contributed by atoms with E-state index in [-0.39, 0.29) is 11.9 Å². The molecule has 1 aromatic heterocycles. The van der Waals surface area contributed by atoms with Gasteiger partial charge in [-0.2, -0.15) is 11.3 Å². The molecule has 0 spiro atoms. The molecule has 4 heteroatoms. The zero-order valence-corrected chi connectivity index (χ0v) is 8.72. The van der Waals surface area contributed by atoms with Crippen molar-refractivity contribution in [3.05, 3.63) is 22.4 Å². The fraction of sp³-hybridized carbons (Fsp3) is 0.500. The number of amides is 1. The molecule has 76 valence electrons. The summed E-state index contributed by atoms with van der Waals surface area (Å²) in [6, 6.07) is 2.00. The van der Waals surface area contributed by atoms with Gasteiger partial charge in [-0.05, 0) is 30.2 Å². The highest BCUT2D eigenvalue weighted by molar-refractivity contribution is 7.08. The maximum absolute atomic E-state index is 11.6. The molecule has 0 aromatic carbocycles. The van der Waals surface area contributed by atoms with Crippen LogP contribution in [-0.2, 0) is 0 Å². The molecule has 1 aliphatic rings. The fourth-order valence-electron chi connectivity index (χ4n) is 1.51. The molecule has 1 amide bonds. The highest BCUT2D eigenvalue weighted by atomic mass is 32.1. The Morgan fingerprint density at radius 3 is 3.00 bits per heavy atom. The Morgan fingerprint density at radius 1 is 1.71 bits per heavy atom. The predicted molar refractivity (Wildman–Crippen MR) is 57.4 cm³/mol. The van der Waals surface area contributed by atoms with Gasteiger partial charge in [-0.25, -0.2) is 0 Å². The van der Waals surface area contributed by atoms with Crippen molar-refractivity contribution in [1.82, 2.24) is 5.32 Å². The molecule has 14 heavy (non-hydrogen) atoms. The fourth-order valence-corrected chi connectivity index (χ4v) is 2.15. The molecule has 1 aromatic rings. The van der Waals surface area contributed by atoms with Gasteiger partial charge in [0.25, 0.3) is 5.91 Å². The van der Waals surface area contributed by atoms with Crippen molar-refractivity contribution < 1.29 is 4.79 Å². The summed E-state index contributed by atoms with van der Waals surface area (Å²) in [5, 5.41) is 6.74. The Kier molecular flexibility index (Phi) is 2.84. The van der Waals surface area contributed by atoms with Crippen LogP contribution in [0.1, 0.15) is 23.2 Å². The molecule has 0 radical (unpaired) electrons. The molecule has 0 bridgehead atoms. The minimum atomic E-state index is 0.00796. The van der Waals surface area contributed by atoms with Crippen molar-refractivity contribution in [2.45, 2.75) is 18.9 Å². The lowest BCUT2D eigenvalue weighted by Gasteiger charge is -2.15. The van der Waals surface area contributed by atoms with E-state index in [4.69, 9.17) is 5.73 Å². The lowest BCUT2D eigenvalue weighted by molar-refractivity contribution is 0.0934. The van der Waals surface area contributed by atoms with Crippen LogP contribution in [0.4, 0.5) is 0 Å². The van der Waals surface area contributed by atoms with Gasteiger partial charge in [-0.1, -0.05) is 0 Å². The second-order valence-corrected chi connectivity index (χ2v) is 4.45. The maximum atomic E-state index is 11.6. The van der Waals surface area contributed by atoms with Gasteiger partial charge in [0.05, 0.1) is 0 Å². The average Bonchev–Trinajstić information content (AvgIpc) is 2.88. The van der Waals surface area contributed by atoms with Crippen LogP contribution >= 0.6 is 11.3 Å². The molecule has 2 rings (SSSR count). The Hall–Kier alpha value is -0.870. The summed E-state index contributed by atoms with van der Waals surface area (Å²) in [6.45, 7) is 0.542. The van der Waals surface area contributed by atoms with E-state index < -0.39 is 0 Å². The van der Waals surface area contributed by atoms with E-state index in [2.05, 4.69) is 5.32 Å². The third-order valence-electron chi connectivity index (χ3n) is 2.54. The van der Waals surface area contributed by atoms with Crippen LogP contribution in [-0.4, -0.2) is 18.5 Å². The van der Waals surface area contributed by atoms with Gasteiger partial charge < -0.3 is 11.1 Å². The molecule has 1 fully saturated rings. The first-order valence-corrected chi connectivity index (χ1v) is 5.78. The quantitative estimate of drug-likeness (QED) is 0.785. The first-order valence-electron chi connectivity index (χ1n) is 4.84. The Labute approximate surface area is 87.3 Å². The molecule has 1 aliphatic carbocycles. The van der Waals surface area contributed by atoms with Gasteiger partial charge in [0.15, 0.2) is 0 Å². The van der Waals surface area contributed by atoms with E-state index >= 15 is 0 Å². The zero-order valence-electron chi connectivity index (χ0n) is 7.90. The van der Waals surface area contributed by atoms with Gasteiger partial charge in [-0.3, -0.25) is 4.79 Å². The number of thiophene rings is 1. The van der Waals surface area contributed by atoms with Crippen LogP contribution in [0.2, 0.25) is 0 Å². The van der Waals surface area contributed by atoms with Crippen molar-refractivity contribution >= 4 is 17.2 Å². The standard InChI is InChI=1S/C10H14N2OS/c11-5-9(7-1-2-7)12-10(13)8-3-4-14-6-8/h3-4,6-7,9H,1-2,5,11H2,(H,12,13). The SMILES string of the molecule is NCC(NC(=O)c1ccsc1)C1CC1. The summed E-state index contributed by atoms with van der Waals surface area (Å²) in [5.41, 5.74) is 6.35. The summed E-state index contributed by atoms with van der Waals surface area (Å²) in [5.74, 6) is 0.621. The highest BCUT2D eigenvalue weighted by Crippen LogP contribution is 2.32. The number of rotatable bonds is 4. The number of carbonyl (C=O) groups excluding carboxylic acids is 1. The smallest absolute Gasteiger partial charge is 0.252 e. The van der Waals surface area contributed by atoms with E-state index in [0.717, 1.165) is 5.56 Å². The second kappa shape index (κ2) is 4.11. The van der Waals surface area contributed by atoms with Crippen LogP contribution in [0.5, 0.6) is 0 Å². The lowest BCUT2D eigenvalue weighted by atomic mass is 10.2. The van der Waals surface area contributed by atoms with Gasteiger partial charge in [0.1, 0.15) is 0 Å². The van der Waals surface area contributed by atoms with E-state index in [1.165, 1.54) is 24.2 Å². The molecule has 1 atom stereocenters. The third kappa shape index (κ3) is 2.13. The number of carbonyl (C=O) groups is 1. The van der Waals surface area contributed by atoms with Crippen molar-refractivity contribution in [2.75, 3.05) is 6.54 Å². The molecule has 3 nitrogen and oxygen atoms in total. The van der Waals surface area contributed by atoms with Gasteiger partial charge in [0, 0.05) is 23.5 Å². The van der Waals surface area contributed by atoms with Crippen molar-refractivity contribution in [2.24, 2.45) is 11.7 Å². The number of nitrogens with two attached hydrogens (primary N) is 1. The van der Waals surface area contributed by atoms with Crippen LogP contribution in [0.25, 0.3) is 0 Å². The average molecular weight is 210 g/mol. The van der Waals surface area contributed by atoms with Gasteiger partial charge in [-0.15, -0.1) is 0 Å². The number of hydrogen-bond acceptors (Lipinski definition) is 3. The van der Waals surface area contributed by atoms with Gasteiger partial charge >= 0.3 is 0 Å². The molecule has 1 heterocycles. The Bertz CT molecular complexity index is 306. The molecule has 1 unspecified atom stereocenters. The molecular formula is C10H14N2OS. The molecule has 1 saturated carbocycles. The summed E-state index contributed by atoms with van der Waals surface area (Å²) in [7, 11) is 0. The Balaban J connectivity index is 1.92. The van der Waals surface area contributed by atoms with E-state index in [9.17, 15) is 4.79 Å². The molecule has 3 N–H and O–H groups in total. The highest BCUT2D eigenvalue weighted by Gasteiger charge is 2.31. The lowest BCUT2D eigenvalue weighted by Crippen LogP contribution is -2.41. The first kappa shape index (κ1) is 9.68. The molecule has 0 saturated heterocycles. The van der Waals surface area contributed by atoms with Gasteiger partial charge in [0.2, 0.25) is 0 Å². The molecule has 0 aliphatic heterocycles. The largest absolute Gasteiger partial charge is 0.348 e. The van der Waals surface area contributed by atoms with Crippen LogP contribution in [0.3, 0.4) is 0 Å². The van der Waals surface area contributed by atoms with E-state index in [1.54, 1.807) is 0 Å². The minimum absolute atomic E-state index is 0.00796. The first-order chi connectivity index (χ1) is 6.81. The second-order valence-electron chi connectivity index (χ2n) is 3.67.